The van der Waals surface area contributed by atoms with Crippen molar-refractivity contribution in [1.29, 1.82) is 0 Å². The number of ether oxygens (including phenoxy) is 4. The Hall–Kier alpha value is -1.35. The number of hydrogen-bond donors (Lipinski definition) is 4. The molecule has 0 aromatic heterocycles. The van der Waals surface area contributed by atoms with E-state index < -0.39 is 71.2 Å². The highest BCUT2D eigenvalue weighted by Crippen LogP contribution is 2.24. The van der Waals surface area contributed by atoms with Crippen LogP contribution in [0.25, 0.3) is 0 Å². The van der Waals surface area contributed by atoms with Gasteiger partial charge in [0.05, 0.1) is 6.61 Å². The number of rotatable bonds is 40. The molecule has 0 aromatic carbocycles. The molecule has 0 aromatic rings. The average Bonchev–Trinajstić information content (AvgIpc) is 3.18. The SMILES string of the molecule is CCCCCCCCCCCCCCCCCCCC(=O)OCC(CO[C@H]1O[C@H](CS(=O)(=O)O)[C@@H](O)[C@H](O)[C@H]1O)OC(=O)CCCCCCCCCCCCCCC. The zero-order chi connectivity index (χ0) is 42.7. The van der Waals surface area contributed by atoms with E-state index in [0.717, 1.165) is 38.5 Å². The van der Waals surface area contributed by atoms with Crippen LogP contribution in [0.15, 0.2) is 0 Å². The zero-order valence-corrected chi connectivity index (χ0v) is 37.5. The molecule has 0 amide bonds. The lowest BCUT2D eigenvalue weighted by molar-refractivity contribution is -0.297. The summed E-state index contributed by atoms with van der Waals surface area (Å²) in [4.78, 5) is 25.4. The Balaban J connectivity index is 2.40. The molecule has 0 bridgehead atoms. The number of esters is 2. The number of unbranched alkanes of at least 4 members (excludes halogenated alkanes) is 28. The Morgan fingerprint density at radius 1 is 0.517 bits per heavy atom. The third-order valence-electron chi connectivity index (χ3n) is 11.2. The predicted octanol–water partition coefficient (Wildman–Crippen LogP) is 9.68. The molecule has 12 nitrogen and oxygen atoms in total. The quantitative estimate of drug-likeness (QED) is 0.0260. The monoisotopic (exact) mass is 851 g/mol. The topological polar surface area (TPSA) is 186 Å². The summed E-state index contributed by atoms with van der Waals surface area (Å²) in [5.41, 5.74) is 0. The highest BCUT2D eigenvalue weighted by molar-refractivity contribution is 7.85. The maximum atomic E-state index is 12.8. The second-order valence-corrected chi connectivity index (χ2v) is 18.3. The van der Waals surface area contributed by atoms with E-state index in [9.17, 15) is 37.9 Å². The van der Waals surface area contributed by atoms with E-state index in [1.54, 1.807) is 0 Å². The van der Waals surface area contributed by atoms with E-state index in [1.807, 2.05) is 0 Å². The van der Waals surface area contributed by atoms with Gasteiger partial charge >= 0.3 is 11.9 Å². The van der Waals surface area contributed by atoms with Gasteiger partial charge in [0.1, 0.15) is 36.8 Å². The summed E-state index contributed by atoms with van der Waals surface area (Å²) in [5.74, 6) is -1.96. The third-order valence-corrected chi connectivity index (χ3v) is 11.9. The molecule has 0 spiro atoms. The van der Waals surface area contributed by atoms with E-state index in [1.165, 1.54) is 141 Å². The summed E-state index contributed by atoms with van der Waals surface area (Å²) >= 11 is 0. The number of aliphatic hydroxyl groups excluding tert-OH is 3. The molecule has 1 rings (SSSR count). The summed E-state index contributed by atoms with van der Waals surface area (Å²) < 4.78 is 54.1. The van der Waals surface area contributed by atoms with Gasteiger partial charge in [-0.1, -0.05) is 194 Å². The first-order valence-corrected chi connectivity index (χ1v) is 25.2. The number of carbonyl (C=O) groups is 2. The van der Waals surface area contributed by atoms with Crippen molar-refractivity contribution in [2.24, 2.45) is 0 Å². The van der Waals surface area contributed by atoms with E-state index in [0.29, 0.717) is 12.8 Å². The smallest absolute Gasteiger partial charge is 0.306 e. The fourth-order valence-electron chi connectivity index (χ4n) is 7.50. The minimum absolute atomic E-state index is 0.172. The summed E-state index contributed by atoms with van der Waals surface area (Å²) in [6, 6.07) is 0. The molecule has 0 saturated carbocycles. The lowest BCUT2D eigenvalue weighted by Gasteiger charge is -2.40. The van der Waals surface area contributed by atoms with Gasteiger partial charge < -0.3 is 34.3 Å². The van der Waals surface area contributed by atoms with Crippen LogP contribution in [0.1, 0.15) is 219 Å². The van der Waals surface area contributed by atoms with Crippen LogP contribution in [0.3, 0.4) is 0 Å². The fraction of sp³-hybridized carbons (Fsp3) is 0.956. The normalized spacial score (nSPS) is 20.3. The van der Waals surface area contributed by atoms with Crippen molar-refractivity contribution in [1.82, 2.24) is 0 Å². The molecule has 1 fully saturated rings. The zero-order valence-electron chi connectivity index (χ0n) is 36.7. The van der Waals surface area contributed by atoms with E-state index in [-0.39, 0.29) is 19.4 Å². The van der Waals surface area contributed by atoms with Crippen LogP contribution in [0.2, 0.25) is 0 Å². The minimum Gasteiger partial charge on any atom is -0.462 e. The molecule has 6 atom stereocenters. The Bertz CT molecular complexity index is 1090. The minimum atomic E-state index is -4.60. The van der Waals surface area contributed by atoms with Crippen molar-refractivity contribution in [3.05, 3.63) is 0 Å². The van der Waals surface area contributed by atoms with Crippen LogP contribution < -0.4 is 0 Å². The Labute approximate surface area is 353 Å². The molecule has 13 heteroatoms. The molecular weight excluding hydrogens is 765 g/mol. The summed E-state index contributed by atoms with van der Waals surface area (Å²) in [6.07, 6.45) is 27.2. The molecule has 1 aliphatic rings. The lowest BCUT2D eigenvalue weighted by atomic mass is 10.00. The maximum absolute atomic E-state index is 12.8. The van der Waals surface area contributed by atoms with Crippen LogP contribution >= 0.6 is 0 Å². The molecule has 344 valence electrons. The van der Waals surface area contributed by atoms with Crippen LogP contribution in [0, 0.1) is 0 Å². The van der Waals surface area contributed by atoms with Crippen molar-refractivity contribution in [2.75, 3.05) is 19.0 Å². The highest BCUT2D eigenvalue weighted by Gasteiger charge is 2.46. The van der Waals surface area contributed by atoms with E-state index >= 15 is 0 Å². The molecule has 0 aliphatic carbocycles. The standard InChI is InChI=1S/C45H86O12S/c1-3-5-7-9-11-13-15-17-18-19-20-22-23-25-27-29-31-33-40(46)54-35-38(36-55-45-44(50)43(49)42(48)39(57-45)37-58(51,52)53)56-41(47)34-32-30-28-26-24-21-16-14-12-10-8-6-4-2/h38-39,42-45,48-50H,3-37H2,1-2H3,(H,51,52,53)/t38?,39-,42-,43+,44-,45+/m1/s1. The first-order chi connectivity index (χ1) is 28.0. The van der Waals surface area contributed by atoms with Gasteiger partial charge in [-0.25, -0.2) is 0 Å². The molecule has 58 heavy (non-hydrogen) atoms. The summed E-state index contributed by atoms with van der Waals surface area (Å²) in [6.45, 7) is 3.78. The molecule has 0 radical (unpaired) electrons. The maximum Gasteiger partial charge on any atom is 0.306 e. The van der Waals surface area contributed by atoms with Gasteiger partial charge in [-0.05, 0) is 12.8 Å². The van der Waals surface area contributed by atoms with Gasteiger partial charge in [0.15, 0.2) is 12.4 Å². The molecule has 1 unspecified atom stereocenters. The van der Waals surface area contributed by atoms with Gasteiger partial charge in [0, 0.05) is 12.8 Å². The van der Waals surface area contributed by atoms with Crippen molar-refractivity contribution in [3.8, 4) is 0 Å². The molecular formula is C45H86O12S. The van der Waals surface area contributed by atoms with Crippen LogP contribution in [0.5, 0.6) is 0 Å². The second-order valence-electron chi connectivity index (χ2n) is 16.8. The van der Waals surface area contributed by atoms with Crippen molar-refractivity contribution in [3.63, 3.8) is 0 Å². The van der Waals surface area contributed by atoms with Crippen molar-refractivity contribution in [2.45, 2.75) is 256 Å². The first-order valence-electron chi connectivity index (χ1n) is 23.6. The molecule has 1 heterocycles. The van der Waals surface area contributed by atoms with Gasteiger partial charge in [0.25, 0.3) is 10.1 Å². The van der Waals surface area contributed by atoms with Gasteiger partial charge in [-0.3, -0.25) is 14.1 Å². The number of aliphatic hydroxyl groups is 3. The molecule has 1 aliphatic heterocycles. The Morgan fingerprint density at radius 3 is 1.26 bits per heavy atom. The fourth-order valence-corrected chi connectivity index (χ4v) is 8.19. The van der Waals surface area contributed by atoms with E-state index in [2.05, 4.69) is 13.8 Å². The van der Waals surface area contributed by atoms with E-state index in [4.69, 9.17) is 18.9 Å². The summed E-state index contributed by atoms with van der Waals surface area (Å²) in [5, 5.41) is 30.9. The van der Waals surface area contributed by atoms with Gasteiger partial charge in [-0.2, -0.15) is 8.42 Å². The van der Waals surface area contributed by atoms with Crippen molar-refractivity contribution >= 4 is 22.1 Å². The van der Waals surface area contributed by atoms with Gasteiger partial charge in [-0.15, -0.1) is 0 Å². The Kier molecular flexibility index (Phi) is 34.2. The average molecular weight is 851 g/mol. The van der Waals surface area contributed by atoms with Crippen LogP contribution in [-0.4, -0.2) is 96.0 Å². The highest BCUT2D eigenvalue weighted by atomic mass is 32.2. The van der Waals surface area contributed by atoms with Crippen LogP contribution in [-0.2, 0) is 38.7 Å². The molecule has 4 N–H and O–H groups in total. The predicted molar refractivity (Wildman–Crippen MR) is 229 cm³/mol. The van der Waals surface area contributed by atoms with Gasteiger partial charge in [0.2, 0.25) is 0 Å². The summed E-state index contributed by atoms with van der Waals surface area (Å²) in [7, 11) is -4.60. The lowest BCUT2D eigenvalue weighted by Crippen LogP contribution is -2.60. The largest absolute Gasteiger partial charge is 0.462 e. The third kappa shape index (κ3) is 30.6. The number of hydrogen-bond acceptors (Lipinski definition) is 11. The van der Waals surface area contributed by atoms with Crippen LogP contribution in [0.4, 0.5) is 0 Å². The Morgan fingerprint density at radius 2 is 0.879 bits per heavy atom. The first kappa shape index (κ1) is 54.7. The molecule has 1 saturated heterocycles. The van der Waals surface area contributed by atoms with Crippen molar-refractivity contribution < 1.29 is 56.8 Å². The second kappa shape index (κ2) is 36.3. The number of carbonyl (C=O) groups excluding carboxylic acids is 2.